The topological polar surface area (TPSA) is 131 Å². The molecule has 160 valence electrons. The van der Waals surface area contributed by atoms with Gasteiger partial charge in [0.25, 0.3) is 5.91 Å². The Kier molecular flexibility index (Phi) is 6.29. The van der Waals surface area contributed by atoms with Gasteiger partial charge < -0.3 is 31.7 Å². The van der Waals surface area contributed by atoms with Crippen molar-refractivity contribution in [1.82, 2.24) is 9.97 Å². The molecular formula is C21H29N7O2. The molecule has 2 atom stereocenters. The molecule has 2 aromatic heterocycles. The lowest BCUT2D eigenvalue weighted by Gasteiger charge is -2.30. The van der Waals surface area contributed by atoms with E-state index in [4.69, 9.17) is 16.2 Å². The normalized spacial score (nSPS) is 21.8. The maximum Gasteiger partial charge on any atom is 0.269 e. The van der Waals surface area contributed by atoms with E-state index in [1.165, 1.54) is 0 Å². The summed E-state index contributed by atoms with van der Waals surface area (Å²) in [6.45, 7) is 2.97. The molecule has 1 aliphatic heterocycles. The third-order valence-electron chi connectivity index (χ3n) is 5.62. The van der Waals surface area contributed by atoms with Crippen LogP contribution in [-0.4, -0.2) is 54.3 Å². The van der Waals surface area contributed by atoms with Crippen LogP contribution in [-0.2, 0) is 4.74 Å². The number of morpholine rings is 1. The summed E-state index contributed by atoms with van der Waals surface area (Å²) in [4.78, 5) is 23.1. The van der Waals surface area contributed by atoms with Gasteiger partial charge in [-0.3, -0.25) is 4.79 Å². The number of nitrogens with one attached hydrogen (secondary N) is 2. The molecular weight excluding hydrogens is 382 g/mol. The number of primary amides is 1. The zero-order valence-electron chi connectivity index (χ0n) is 17.0. The fourth-order valence-corrected chi connectivity index (χ4v) is 3.99. The zero-order valence-corrected chi connectivity index (χ0v) is 17.0. The van der Waals surface area contributed by atoms with Gasteiger partial charge in [-0.25, -0.2) is 9.97 Å². The third kappa shape index (κ3) is 4.80. The number of amides is 1. The highest BCUT2D eigenvalue weighted by molar-refractivity contribution is 5.97. The first kappa shape index (κ1) is 20.4. The quantitative estimate of drug-likeness (QED) is 0.566. The van der Waals surface area contributed by atoms with Crippen LogP contribution in [0.3, 0.4) is 0 Å². The molecule has 0 bridgehead atoms. The number of ether oxygens (including phenoxy) is 1. The van der Waals surface area contributed by atoms with Crippen LogP contribution in [0.4, 0.5) is 23.0 Å². The van der Waals surface area contributed by atoms with Crippen LogP contribution in [0.25, 0.3) is 0 Å². The zero-order chi connectivity index (χ0) is 20.9. The van der Waals surface area contributed by atoms with Crippen molar-refractivity contribution in [1.29, 1.82) is 0 Å². The van der Waals surface area contributed by atoms with E-state index in [0.717, 1.165) is 50.3 Å². The van der Waals surface area contributed by atoms with Crippen molar-refractivity contribution >= 4 is 28.9 Å². The van der Waals surface area contributed by atoms with Crippen LogP contribution in [0.1, 0.15) is 36.2 Å². The highest BCUT2D eigenvalue weighted by Gasteiger charge is 2.22. The van der Waals surface area contributed by atoms with E-state index >= 15 is 0 Å². The highest BCUT2D eigenvalue weighted by Crippen LogP contribution is 2.26. The van der Waals surface area contributed by atoms with Gasteiger partial charge in [-0.2, -0.15) is 0 Å². The van der Waals surface area contributed by atoms with E-state index in [2.05, 4.69) is 25.5 Å². The first-order chi connectivity index (χ1) is 14.6. The van der Waals surface area contributed by atoms with E-state index in [0.29, 0.717) is 24.7 Å². The molecule has 2 fully saturated rings. The Morgan fingerprint density at radius 1 is 1.20 bits per heavy atom. The molecule has 6 N–H and O–H groups in total. The number of aromatic nitrogens is 2. The maximum atomic E-state index is 11.9. The summed E-state index contributed by atoms with van der Waals surface area (Å²) in [6.07, 6.45) is 5.97. The average Bonchev–Trinajstić information content (AvgIpc) is 2.76. The minimum absolute atomic E-state index is 0.109. The molecule has 2 aromatic rings. The van der Waals surface area contributed by atoms with E-state index < -0.39 is 5.91 Å². The Bertz CT molecular complexity index is 885. The van der Waals surface area contributed by atoms with Gasteiger partial charge in [0.2, 0.25) is 0 Å². The SMILES string of the molecule is NC(=O)c1ncc(N[C@@H]2CCCC[C@@H]2N)cc1Nc1cccc(N2CCOCC2)n1. The molecule has 1 saturated carbocycles. The van der Waals surface area contributed by atoms with Crippen molar-refractivity contribution in [2.24, 2.45) is 11.5 Å². The summed E-state index contributed by atoms with van der Waals surface area (Å²) in [6, 6.07) is 7.89. The van der Waals surface area contributed by atoms with Crippen molar-refractivity contribution in [3.63, 3.8) is 0 Å². The van der Waals surface area contributed by atoms with Crippen LogP contribution >= 0.6 is 0 Å². The van der Waals surface area contributed by atoms with Crippen molar-refractivity contribution < 1.29 is 9.53 Å². The minimum atomic E-state index is -0.595. The molecule has 1 aliphatic carbocycles. The largest absolute Gasteiger partial charge is 0.379 e. The second-order valence-electron chi connectivity index (χ2n) is 7.79. The number of hydrogen-bond donors (Lipinski definition) is 4. The fourth-order valence-electron chi connectivity index (χ4n) is 3.99. The van der Waals surface area contributed by atoms with E-state index in [-0.39, 0.29) is 17.8 Å². The van der Waals surface area contributed by atoms with Crippen molar-refractivity contribution in [3.8, 4) is 0 Å². The van der Waals surface area contributed by atoms with Gasteiger partial charge in [-0.15, -0.1) is 0 Å². The summed E-state index contributed by atoms with van der Waals surface area (Å²) >= 11 is 0. The van der Waals surface area contributed by atoms with Crippen molar-refractivity contribution in [2.45, 2.75) is 37.8 Å². The Hall–Kier alpha value is -2.91. The minimum Gasteiger partial charge on any atom is -0.379 e. The fraction of sp³-hybridized carbons (Fsp3) is 0.476. The molecule has 30 heavy (non-hydrogen) atoms. The Labute approximate surface area is 176 Å². The lowest BCUT2D eigenvalue weighted by atomic mass is 9.91. The van der Waals surface area contributed by atoms with Gasteiger partial charge in [0, 0.05) is 25.2 Å². The van der Waals surface area contributed by atoms with Crippen molar-refractivity contribution in [3.05, 3.63) is 36.2 Å². The van der Waals surface area contributed by atoms with Gasteiger partial charge in [0.15, 0.2) is 5.69 Å². The number of pyridine rings is 2. The summed E-state index contributed by atoms with van der Waals surface area (Å²) in [5.41, 5.74) is 13.3. The first-order valence-electron chi connectivity index (χ1n) is 10.5. The van der Waals surface area contributed by atoms with Crippen LogP contribution < -0.4 is 27.0 Å². The van der Waals surface area contributed by atoms with Gasteiger partial charge in [0.1, 0.15) is 11.6 Å². The Balaban J connectivity index is 1.55. The third-order valence-corrected chi connectivity index (χ3v) is 5.62. The number of nitrogens with zero attached hydrogens (tertiary/aromatic N) is 3. The number of anilines is 4. The predicted molar refractivity (Wildman–Crippen MR) is 117 cm³/mol. The van der Waals surface area contributed by atoms with Gasteiger partial charge in [0.05, 0.1) is 30.8 Å². The summed E-state index contributed by atoms with van der Waals surface area (Å²) in [5, 5.41) is 6.68. The van der Waals surface area contributed by atoms with Gasteiger partial charge >= 0.3 is 0 Å². The number of carbonyl (C=O) groups is 1. The molecule has 0 aromatic carbocycles. The highest BCUT2D eigenvalue weighted by atomic mass is 16.5. The predicted octanol–water partition coefficient (Wildman–Crippen LogP) is 1.84. The molecule has 2 aliphatic rings. The molecule has 1 saturated heterocycles. The summed E-state index contributed by atoms with van der Waals surface area (Å²) in [5.74, 6) is 0.886. The lowest BCUT2D eigenvalue weighted by molar-refractivity contribution is 0.0996. The molecule has 3 heterocycles. The number of carbonyl (C=O) groups excluding carboxylic acids is 1. The number of rotatable bonds is 6. The second kappa shape index (κ2) is 9.27. The standard InChI is InChI=1S/C21H29N7O2/c22-15-4-1-2-5-16(15)25-14-12-17(20(21(23)29)24-13-14)26-18-6-3-7-19(27-18)28-8-10-30-11-9-28/h3,6-7,12-13,15-16,25H,1-2,4-5,8-11,22H2,(H2,23,29)(H,26,27)/t15-,16+/m0/s1. The second-order valence-corrected chi connectivity index (χ2v) is 7.79. The van der Waals surface area contributed by atoms with E-state index in [1.807, 2.05) is 24.3 Å². The van der Waals surface area contributed by atoms with Gasteiger partial charge in [-0.1, -0.05) is 18.9 Å². The smallest absolute Gasteiger partial charge is 0.269 e. The molecule has 0 spiro atoms. The van der Waals surface area contributed by atoms with E-state index in [9.17, 15) is 4.79 Å². The molecule has 0 unspecified atom stereocenters. The summed E-state index contributed by atoms with van der Waals surface area (Å²) in [7, 11) is 0. The Morgan fingerprint density at radius 2 is 2.00 bits per heavy atom. The lowest BCUT2D eigenvalue weighted by Crippen LogP contribution is -2.42. The monoisotopic (exact) mass is 411 g/mol. The molecule has 1 amide bonds. The maximum absolute atomic E-state index is 11.9. The van der Waals surface area contributed by atoms with E-state index in [1.54, 1.807) is 6.20 Å². The number of hydrogen-bond acceptors (Lipinski definition) is 8. The van der Waals surface area contributed by atoms with Crippen LogP contribution in [0.5, 0.6) is 0 Å². The molecule has 9 heteroatoms. The molecule has 4 rings (SSSR count). The molecule has 0 radical (unpaired) electrons. The summed E-state index contributed by atoms with van der Waals surface area (Å²) < 4.78 is 5.41. The number of nitrogens with two attached hydrogens (primary N) is 2. The molecule has 9 nitrogen and oxygen atoms in total. The first-order valence-corrected chi connectivity index (χ1v) is 10.5. The van der Waals surface area contributed by atoms with Crippen LogP contribution in [0, 0.1) is 0 Å². The average molecular weight is 412 g/mol. The van der Waals surface area contributed by atoms with Crippen molar-refractivity contribution in [2.75, 3.05) is 41.8 Å². The Morgan fingerprint density at radius 3 is 2.77 bits per heavy atom. The van der Waals surface area contributed by atoms with Gasteiger partial charge in [-0.05, 0) is 31.0 Å². The van der Waals surface area contributed by atoms with Crippen LogP contribution in [0.15, 0.2) is 30.5 Å². The van der Waals surface area contributed by atoms with Crippen LogP contribution in [0.2, 0.25) is 0 Å².